The molecule has 1 aromatic heterocycles. The van der Waals surface area contributed by atoms with Gasteiger partial charge < -0.3 is 9.30 Å². The highest BCUT2D eigenvalue weighted by atomic mass is 16.5. The molecule has 4 aromatic rings. The molecule has 0 unspecified atom stereocenters. The number of nitrogens with one attached hydrogen (secondary N) is 1. The van der Waals surface area contributed by atoms with Gasteiger partial charge in [-0.05, 0) is 24.3 Å². The van der Waals surface area contributed by atoms with Gasteiger partial charge in [0.1, 0.15) is 5.75 Å². The number of aryl methyl sites for hydroxylation is 1. The van der Waals surface area contributed by atoms with Crippen LogP contribution in [0.3, 0.4) is 0 Å². The van der Waals surface area contributed by atoms with Crippen LogP contribution in [0.5, 0.6) is 5.75 Å². The topological polar surface area (TPSA) is 55.6 Å². The van der Waals surface area contributed by atoms with Gasteiger partial charge in [-0.25, -0.2) is 5.43 Å². The molecule has 3 aromatic carbocycles. The minimum Gasteiger partial charge on any atom is -0.496 e. The molecule has 5 heteroatoms. The summed E-state index contributed by atoms with van der Waals surface area (Å²) in [6.07, 6.45) is 1.93. The van der Waals surface area contributed by atoms with Gasteiger partial charge in [0.25, 0.3) is 0 Å². The van der Waals surface area contributed by atoms with E-state index in [4.69, 9.17) is 4.74 Å². The van der Waals surface area contributed by atoms with Crippen molar-refractivity contribution >= 4 is 33.9 Å². The Bertz CT molecular complexity index is 1110. The van der Waals surface area contributed by atoms with Gasteiger partial charge in [0.05, 0.1) is 13.3 Å². The molecule has 0 fully saturated rings. The molecule has 0 radical (unpaired) electrons. The van der Waals surface area contributed by atoms with Gasteiger partial charge in [0.15, 0.2) is 0 Å². The molecular formula is C23H21N3O2. The maximum atomic E-state index is 12.3. The second-order valence-corrected chi connectivity index (χ2v) is 6.47. The van der Waals surface area contributed by atoms with E-state index < -0.39 is 0 Å². The van der Waals surface area contributed by atoms with Crippen molar-refractivity contribution in [1.82, 2.24) is 9.99 Å². The third-order valence-corrected chi connectivity index (χ3v) is 4.77. The number of fused-ring (bicyclic) bond motifs is 3. The van der Waals surface area contributed by atoms with E-state index >= 15 is 0 Å². The molecule has 0 atom stereocenters. The van der Waals surface area contributed by atoms with Gasteiger partial charge in [-0.3, -0.25) is 4.79 Å². The zero-order chi connectivity index (χ0) is 19.3. The smallest absolute Gasteiger partial charge is 0.241 e. The molecule has 28 heavy (non-hydrogen) atoms. The van der Waals surface area contributed by atoms with E-state index in [1.165, 1.54) is 10.8 Å². The van der Waals surface area contributed by atoms with Crippen molar-refractivity contribution < 1.29 is 9.53 Å². The molecule has 0 aliphatic heterocycles. The van der Waals surface area contributed by atoms with Crippen molar-refractivity contribution in [3.63, 3.8) is 0 Å². The number of nitrogens with zero attached hydrogens (tertiary/aromatic N) is 2. The van der Waals surface area contributed by atoms with Gasteiger partial charge >= 0.3 is 0 Å². The van der Waals surface area contributed by atoms with Crippen molar-refractivity contribution in [3.8, 4) is 5.75 Å². The van der Waals surface area contributed by atoms with Crippen molar-refractivity contribution in [2.45, 2.75) is 13.0 Å². The van der Waals surface area contributed by atoms with Crippen molar-refractivity contribution in [3.05, 3.63) is 78.4 Å². The number of amides is 1. The summed E-state index contributed by atoms with van der Waals surface area (Å²) in [5.74, 6) is 0.582. The molecule has 140 valence electrons. The summed E-state index contributed by atoms with van der Waals surface area (Å²) in [7, 11) is 1.61. The predicted octanol–water partition coefficient (Wildman–Crippen LogP) is 4.34. The van der Waals surface area contributed by atoms with E-state index in [0.717, 1.165) is 16.6 Å². The van der Waals surface area contributed by atoms with Crippen LogP contribution in [0, 0.1) is 0 Å². The lowest BCUT2D eigenvalue weighted by Gasteiger charge is -2.07. The zero-order valence-electron chi connectivity index (χ0n) is 15.6. The number of carbonyl (C=O) groups is 1. The highest BCUT2D eigenvalue weighted by Crippen LogP contribution is 2.28. The quantitative estimate of drug-likeness (QED) is 0.405. The fourth-order valence-electron chi connectivity index (χ4n) is 3.46. The van der Waals surface area contributed by atoms with Crippen LogP contribution in [-0.2, 0) is 11.3 Å². The number of para-hydroxylation sites is 3. The lowest BCUT2D eigenvalue weighted by molar-refractivity contribution is -0.121. The lowest BCUT2D eigenvalue weighted by Crippen LogP contribution is -2.19. The van der Waals surface area contributed by atoms with Crippen molar-refractivity contribution in [2.75, 3.05) is 7.11 Å². The van der Waals surface area contributed by atoms with Crippen LogP contribution in [0.2, 0.25) is 0 Å². The van der Waals surface area contributed by atoms with Crippen LogP contribution in [0.1, 0.15) is 12.0 Å². The maximum absolute atomic E-state index is 12.3. The SMILES string of the molecule is COc1ccccc1C=NNC(=O)CCn1c2ccccc2c2ccccc21. The van der Waals surface area contributed by atoms with Gasteiger partial charge in [-0.15, -0.1) is 0 Å². The van der Waals surface area contributed by atoms with Crippen LogP contribution >= 0.6 is 0 Å². The average molecular weight is 371 g/mol. The number of methoxy groups -OCH3 is 1. The number of carbonyl (C=O) groups excluding carboxylic acids is 1. The summed E-state index contributed by atoms with van der Waals surface area (Å²) in [5, 5.41) is 6.46. The van der Waals surface area contributed by atoms with Crippen LogP contribution < -0.4 is 10.2 Å². The molecule has 0 saturated carbocycles. The van der Waals surface area contributed by atoms with E-state index in [0.29, 0.717) is 18.7 Å². The van der Waals surface area contributed by atoms with E-state index in [-0.39, 0.29) is 5.91 Å². The molecule has 1 heterocycles. The molecular weight excluding hydrogens is 350 g/mol. The Morgan fingerprint density at radius 2 is 1.57 bits per heavy atom. The lowest BCUT2D eigenvalue weighted by atomic mass is 10.2. The van der Waals surface area contributed by atoms with E-state index in [1.54, 1.807) is 13.3 Å². The molecule has 4 rings (SSSR count). The Labute approximate surface area is 163 Å². The largest absolute Gasteiger partial charge is 0.496 e. The first-order valence-corrected chi connectivity index (χ1v) is 9.19. The molecule has 1 amide bonds. The van der Waals surface area contributed by atoms with Crippen LogP contribution in [0.4, 0.5) is 0 Å². The molecule has 0 saturated heterocycles. The number of ether oxygens (including phenoxy) is 1. The Morgan fingerprint density at radius 3 is 2.25 bits per heavy atom. The number of aromatic nitrogens is 1. The second-order valence-electron chi connectivity index (χ2n) is 6.47. The van der Waals surface area contributed by atoms with Crippen LogP contribution in [0.25, 0.3) is 21.8 Å². The average Bonchev–Trinajstić information content (AvgIpc) is 3.06. The first-order chi connectivity index (χ1) is 13.8. The highest BCUT2D eigenvalue weighted by molar-refractivity contribution is 6.08. The normalized spacial score (nSPS) is 11.3. The number of rotatable bonds is 6. The summed E-state index contributed by atoms with van der Waals surface area (Å²) in [4.78, 5) is 12.3. The van der Waals surface area contributed by atoms with E-state index in [1.807, 2.05) is 48.5 Å². The Balaban J connectivity index is 1.47. The maximum Gasteiger partial charge on any atom is 0.241 e. The fraction of sp³-hybridized carbons (Fsp3) is 0.130. The van der Waals surface area contributed by atoms with Crippen LogP contribution in [0.15, 0.2) is 77.9 Å². The van der Waals surface area contributed by atoms with Gasteiger partial charge in [0, 0.05) is 40.3 Å². The van der Waals surface area contributed by atoms with E-state index in [2.05, 4.69) is 39.4 Å². The number of hydrogen-bond acceptors (Lipinski definition) is 3. The summed E-state index contributed by atoms with van der Waals surface area (Å²) < 4.78 is 7.46. The Morgan fingerprint density at radius 1 is 0.964 bits per heavy atom. The molecule has 0 aliphatic rings. The Hall–Kier alpha value is -3.60. The standard InChI is InChI=1S/C23H21N3O2/c1-28-22-13-7-2-8-17(22)16-24-25-23(27)14-15-26-20-11-5-3-9-18(20)19-10-4-6-12-21(19)26/h2-13,16H,14-15H2,1H3,(H,25,27). The summed E-state index contributed by atoms with van der Waals surface area (Å²) >= 11 is 0. The van der Waals surface area contributed by atoms with Crippen molar-refractivity contribution in [1.29, 1.82) is 0 Å². The van der Waals surface area contributed by atoms with Gasteiger partial charge in [-0.2, -0.15) is 5.10 Å². The summed E-state index contributed by atoms with van der Waals surface area (Å²) in [6, 6.07) is 24.1. The van der Waals surface area contributed by atoms with Crippen molar-refractivity contribution in [2.24, 2.45) is 5.10 Å². The molecule has 0 bridgehead atoms. The number of hydrazone groups is 1. The zero-order valence-corrected chi connectivity index (χ0v) is 15.6. The Kier molecular flexibility index (Phi) is 5.06. The van der Waals surface area contributed by atoms with Gasteiger partial charge in [-0.1, -0.05) is 48.5 Å². The minimum atomic E-state index is -0.131. The summed E-state index contributed by atoms with van der Waals surface area (Å²) in [6.45, 7) is 0.587. The molecule has 0 aliphatic carbocycles. The fourth-order valence-corrected chi connectivity index (χ4v) is 3.46. The monoisotopic (exact) mass is 371 g/mol. The highest BCUT2D eigenvalue weighted by Gasteiger charge is 2.10. The second kappa shape index (κ2) is 7.96. The van der Waals surface area contributed by atoms with E-state index in [9.17, 15) is 4.79 Å². The number of benzene rings is 3. The predicted molar refractivity (Wildman–Crippen MR) is 113 cm³/mol. The summed E-state index contributed by atoms with van der Waals surface area (Å²) in [5.41, 5.74) is 5.68. The first kappa shape index (κ1) is 17.8. The molecule has 5 nitrogen and oxygen atoms in total. The number of hydrogen-bond donors (Lipinski definition) is 1. The minimum absolute atomic E-state index is 0.131. The molecule has 1 N–H and O–H groups in total. The third kappa shape index (κ3) is 3.47. The molecule has 0 spiro atoms. The first-order valence-electron chi connectivity index (χ1n) is 9.19. The van der Waals surface area contributed by atoms with Gasteiger partial charge in [0.2, 0.25) is 5.91 Å². The van der Waals surface area contributed by atoms with Crippen LogP contribution in [-0.4, -0.2) is 23.8 Å². The third-order valence-electron chi connectivity index (χ3n) is 4.77.